The maximum atomic E-state index is 9.03. The molecule has 1 heterocycles. The summed E-state index contributed by atoms with van der Waals surface area (Å²) >= 11 is 0. The Hall–Kier alpha value is -1.63. The number of nitrogens with two attached hydrogens (primary N) is 1. The van der Waals surface area contributed by atoms with Crippen LogP contribution >= 0.6 is 12.4 Å². The monoisotopic (exact) mass is 327 g/mol. The molecule has 2 unspecified atom stereocenters. The average molecular weight is 328 g/mol. The Morgan fingerprint density at radius 2 is 2.00 bits per heavy atom. The van der Waals surface area contributed by atoms with E-state index >= 15 is 0 Å². The molecular formula is C15H22ClN3O3. The molecule has 3 N–H and O–H groups in total. The second kappa shape index (κ2) is 8.73. The van der Waals surface area contributed by atoms with E-state index in [0.29, 0.717) is 24.6 Å². The minimum Gasteiger partial charge on any atom is -0.497 e. The maximum absolute atomic E-state index is 9.03. The lowest BCUT2D eigenvalue weighted by molar-refractivity contribution is 0.230. The van der Waals surface area contributed by atoms with Crippen molar-refractivity contribution in [1.82, 2.24) is 10.1 Å². The topological polar surface area (TPSA) is 94.4 Å². The molecule has 0 aliphatic carbocycles. The second-order valence-electron chi connectivity index (χ2n) is 5.16. The third kappa shape index (κ3) is 4.98. The van der Waals surface area contributed by atoms with Gasteiger partial charge in [-0.3, -0.25) is 0 Å². The van der Waals surface area contributed by atoms with E-state index in [1.54, 1.807) is 7.11 Å². The number of aromatic nitrogens is 2. The van der Waals surface area contributed by atoms with Crippen molar-refractivity contribution in [2.45, 2.75) is 25.8 Å². The van der Waals surface area contributed by atoms with Crippen molar-refractivity contribution in [3.8, 4) is 5.75 Å². The van der Waals surface area contributed by atoms with Gasteiger partial charge in [0, 0.05) is 12.5 Å². The smallest absolute Gasteiger partial charge is 0.231 e. The molecule has 0 saturated heterocycles. The second-order valence-corrected chi connectivity index (χ2v) is 5.16. The number of ether oxygens (including phenoxy) is 1. The molecule has 1 aromatic carbocycles. The first-order valence-electron chi connectivity index (χ1n) is 6.93. The van der Waals surface area contributed by atoms with Gasteiger partial charge in [-0.1, -0.05) is 24.2 Å². The number of methoxy groups -OCH3 is 1. The summed E-state index contributed by atoms with van der Waals surface area (Å²) in [6, 6.07) is 7.46. The molecule has 0 spiro atoms. The van der Waals surface area contributed by atoms with Crippen molar-refractivity contribution in [3.63, 3.8) is 0 Å². The largest absolute Gasteiger partial charge is 0.497 e. The number of benzene rings is 1. The lowest BCUT2D eigenvalue weighted by Crippen LogP contribution is -2.33. The van der Waals surface area contributed by atoms with E-state index in [4.69, 9.17) is 20.1 Å². The first kappa shape index (κ1) is 18.4. The number of hydrogen-bond donors (Lipinski definition) is 2. The van der Waals surface area contributed by atoms with E-state index in [1.165, 1.54) is 0 Å². The highest BCUT2D eigenvalue weighted by atomic mass is 35.5. The summed E-state index contributed by atoms with van der Waals surface area (Å²) in [5.74, 6) is 2.10. The molecule has 6 nitrogen and oxygen atoms in total. The molecule has 2 atom stereocenters. The van der Waals surface area contributed by atoms with E-state index < -0.39 is 0 Å². The number of aliphatic hydroxyl groups is 1. The number of hydrogen-bond acceptors (Lipinski definition) is 6. The molecule has 0 aliphatic rings. The number of aliphatic hydroxyl groups excluding tert-OH is 1. The van der Waals surface area contributed by atoms with Gasteiger partial charge >= 0.3 is 0 Å². The van der Waals surface area contributed by atoms with Crippen LogP contribution in [-0.2, 0) is 12.8 Å². The molecule has 1 aromatic heterocycles. The van der Waals surface area contributed by atoms with Crippen molar-refractivity contribution in [3.05, 3.63) is 41.5 Å². The Labute approximate surface area is 136 Å². The van der Waals surface area contributed by atoms with Gasteiger partial charge < -0.3 is 20.1 Å². The molecule has 122 valence electrons. The molecule has 2 aromatic rings. The van der Waals surface area contributed by atoms with Gasteiger partial charge in [0.15, 0.2) is 5.82 Å². The molecule has 0 aliphatic heterocycles. The van der Waals surface area contributed by atoms with Gasteiger partial charge in [-0.2, -0.15) is 4.98 Å². The minimum atomic E-state index is -0.270. The molecule has 2 rings (SSSR count). The van der Waals surface area contributed by atoms with Gasteiger partial charge in [0.2, 0.25) is 5.89 Å². The van der Waals surface area contributed by atoms with E-state index in [2.05, 4.69) is 10.1 Å². The zero-order valence-corrected chi connectivity index (χ0v) is 13.5. The molecule has 0 bridgehead atoms. The standard InChI is InChI=1S/C15H21N3O3.ClH/c1-10(13(16)9-19)7-14-17-15(21-18-14)8-11-3-5-12(20-2)6-4-11;/h3-6,10,13,19H,7-9,16H2,1-2H3;1H. The summed E-state index contributed by atoms with van der Waals surface area (Å²) < 4.78 is 10.4. The summed E-state index contributed by atoms with van der Waals surface area (Å²) in [4.78, 5) is 4.36. The molecule has 0 radical (unpaired) electrons. The van der Waals surface area contributed by atoms with E-state index in [9.17, 15) is 0 Å². The molecule has 22 heavy (non-hydrogen) atoms. The number of rotatable bonds is 7. The van der Waals surface area contributed by atoms with Crippen molar-refractivity contribution >= 4 is 12.4 Å². The minimum absolute atomic E-state index is 0. The zero-order valence-electron chi connectivity index (χ0n) is 12.7. The lowest BCUT2D eigenvalue weighted by atomic mass is 9.99. The predicted octanol–water partition coefficient (Wildman–Crippen LogP) is 1.59. The summed E-state index contributed by atoms with van der Waals surface area (Å²) in [6.45, 7) is 1.91. The molecule has 0 saturated carbocycles. The Balaban J connectivity index is 0.00000242. The lowest BCUT2D eigenvalue weighted by Gasteiger charge is -2.14. The van der Waals surface area contributed by atoms with Crippen molar-refractivity contribution < 1.29 is 14.4 Å². The third-order valence-corrected chi connectivity index (χ3v) is 3.47. The Kier molecular flexibility index (Phi) is 7.31. The quantitative estimate of drug-likeness (QED) is 0.802. The highest BCUT2D eigenvalue weighted by Gasteiger charge is 2.16. The van der Waals surface area contributed by atoms with Gasteiger partial charge in [-0.05, 0) is 23.6 Å². The van der Waals surface area contributed by atoms with Crippen LogP contribution in [0.2, 0.25) is 0 Å². The van der Waals surface area contributed by atoms with Gasteiger partial charge in [0.1, 0.15) is 5.75 Å². The van der Waals surface area contributed by atoms with Crippen molar-refractivity contribution in [1.29, 1.82) is 0 Å². The van der Waals surface area contributed by atoms with Gasteiger partial charge in [-0.25, -0.2) is 0 Å². The molecular weight excluding hydrogens is 306 g/mol. The van der Waals surface area contributed by atoms with E-state index in [0.717, 1.165) is 11.3 Å². The summed E-state index contributed by atoms with van der Waals surface area (Å²) in [5.41, 5.74) is 6.85. The fourth-order valence-corrected chi connectivity index (χ4v) is 1.98. The third-order valence-electron chi connectivity index (χ3n) is 3.47. The Morgan fingerprint density at radius 1 is 1.32 bits per heavy atom. The SMILES string of the molecule is COc1ccc(Cc2nc(CC(C)C(N)CO)no2)cc1.Cl. The van der Waals surface area contributed by atoms with Crippen molar-refractivity contribution in [2.75, 3.05) is 13.7 Å². The van der Waals surface area contributed by atoms with Crippen LogP contribution in [0.4, 0.5) is 0 Å². The Bertz CT molecular complexity index is 559. The normalized spacial score (nSPS) is 13.3. The van der Waals surface area contributed by atoms with Crippen LogP contribution in [0.1, 0.15) is 24.2 Å². The Morgan fingerprint density at radius 3 is 2.59 bits per heavy atom. The van der Waals surface area contributed by atoms with Gasteiger partial charge in [0.25, 0.3) is 0 Å². The number of halogens is 1. The van der Waals surface area contributed by atoms with Crippen LogP contribution in [0.5, 0.6) is 5.75 Å². The first-order valence-corrected chi connectivity index (χ1v) is 6.93. The van der Waals surface area contributed by atoms with Crippen molar-refractivity contribution in [2.24, 2.45) is 11.7 Å². The highest BCUT2D eigenvalue weighted by Crippen LogP contribution is 2.15. The summed E-state index contributed by atoms with van der Waals surface area (Å²) in [6.07, 6.45) is 1.17. The van der Waals surface area contributed by atoms with E-state index in [1.807, 2.05) is 31.2 Å². The van der Waals surface area contributed by atoms with Crippen LogP contribution in [-0.4, -0.2) is 35.0 Å². The van der Waals surface area contributed by atoms with Crippen LogP contribution in [0.3, 0.4) is 0 Å². The molecule has 0 fully saturated rings. The fraction of sp³-hybridized carbons (Fsp3) is 0.467. The maximum Gasteiger partial charge on any atom is 0.231 e. The van der Waals surface area contributed by atoms with Crippen LogP contribution < -0.4 is 10.5 Å². The molecule has 7 heteroatoms. The fourth-order valence-electron chi connectivity index (χ4n) is 1.98. The predicted molar refractivity (Wildman–Crippen MR) is 85.3 cm³/mol. The van der Waals surface area contributed by atoms with Gasteiger partial charge in [0.05, 0.1) is 20.1 Å². The summed E-state index contributed by atoms with van der Waals surface area (Å²) in [5, 5.41) is 13.0. The van der Waals surface area contributed by atoms with Crippen LogP contribution in [0, 0.1) is 5.92 Å². The van der Waals surface area contributed by atoms with Crippen LogP contribution in [0.15, 0.2) is 28.8 Å². The average Bonchev–Trinajstić information content (AvgIpc) is 2.94. The highest BCUT2D eigenvalue weighted by molar-refractivity contribution is 5.85. The zero-order chi connectivity index (χ0) is 15.2. The summed E-state index contributed by atoms with van der Waals surface area (Å²) in [7, 11) is 1.64. The van der Waals surface area contributed by atoms with Crippen LogP contribution in [0.25, 0.3) is 0 Å². The number of nitrogens with zero attached hydrogens (tertiary/aromatic N) is 2. The van der Waals surface area contributed by atoms with Gasteiger partial charge in [-0.15, -0.1) is 12.4 Å². The van der Waals surface area contributed by atoms with E-state index in [-0.39, 0.29) is 31.0 Å². The first-order chi connectivity index (χ1) is 10.1. The molecule has 0 amide bonds.